The van der Waals surface area contributed by atoms with Gasteiger partial charge in [-0.1, -0.05) is 36.7 Å². The Balaban J connectivity index is 2.31. The standard InChI is InChI=1S/C15H12ClIN2O/c1-3-10-13(17)14(16)19-15(18-10)12-8(2)20-11-7-5-4-6-9(11)12/h4-7H,3H2,1-2H3. The molecule has 0 atom stereocenters. The monoisotopic (exact) mass is 398 g/mol. The summed E-state index contributed by atoms with van der Waals surface area (Å²) >= 11 is 8.41. The van der Waals surface area contributed by atoms with E-state index < -0.39 is 0 Å². The van der Waals surface area contributed by atoms with E-state index in [1.54, 1.807) is 0 Å². The molecule has 0 aliphatic heterocycles. The lowest BCUT2D eigenvalue weighted by Crippen LogP contribution is -1.99. The molecule has 0 saturated heterocycles. The van der Waals surface area contributed by atoms with E-state index in [0.717, 1.165) is 38.0 Å². The van der Waals surface area contributed by atoms with E-state index in [1.165, 1.54) is 0 Å². The Morgan fingerprint density at radius 3 is 2.75 bits per heavy atom. The zero-order valence-corrected chi connectivity index (χ0v) is 14.0. The summed E-state index contributed by atoms with van der Waals surface area (Å²) in [5.41, 5.74) is 2.73. The molecule has 102 valence electrons. The Morgan fingerprint density at radius 2 is 2.00 bits per heavy atom. The number of fused-ring (bicyclic) bond motifs is 1. The molecule has 0 radical (unpaired) electrons. The van der Waals surface area contributed by atoms with Gasteiger partial charge in [0, 0.05) is 5.39 Å². The number of aromatic nitrogens is 2. The second kappa shape index (κ2) is 5.33. The minimum atomic E-state index is 0.497. The summed E-state index contributed by atoms with van der Waals surface area (Å²) < 4.78 is 6.69. The Bertz CT molecular complexity index is 798. The molecule has 3 rings (SSSR count). The fraction of sp³-hybridized carbons (Fsp3) is 0.200. The second-order valence-electron chi connectivity index (χ2n) is 4.48. The molecule has 20 heavy (non-hydrogen) atoms. The summed E-state index contributed by atoms with van der Waals surface area (Å²) in [4.78, 5) is 9.06. The zero-order valence-electron chi connectivity index (χ0n) is 11.1. The number of rotatable bonds is 2. The summed E-state index contributed by atoms with van der Waals surface area (Å²) in [5, 5.41) is 1.52. The predicted molar refractivity (Wildman–Crippen MR) is 89.1 cm³/mol. The molecule has 3 aromatic rings. The first-order chi connectivity index (χ1) is 9.61. The molecule has 0 N–H and O–H groups in total. The van der Waals surface area contributed by atoms with Crippen molar-refractivity contribution in [3.63, 3.8) is 0 Å². The van der Waals surface area contributed by atoms with E-state index in [2.05, 4.69) is 39.5 Å². The van der Waals surface area contributed by atoms with Crippen LogP contribution in [0.3, 0.4) is 0 Å². The summed E-state index contributed by atoms with van der Waals surface area (Å²) in [6.45, 7) is 3.99. The number of furan rings is 1. The lowest BCUT2D eigenvalue weighted by Gasteiger charge is -2.06. The molecule has 0 bridgehead atoms. The smallest absolute Gasteiger partial charge is 0.165 e. The molecule has 2 heterocycles. The minimum Gasteiger partial charge on any atom is -0.461 e. The number of benzene rings is 1. The largest absolute Gasteiger partial charge is 0.461 e. The topological polar surface area (TPSA) is 38.9 Å². The van der Waals surface area contributed by atoms with Crippen molar-refractivity contribution < 1.29 is 4.42 Å². The van der Waals surface area contributed by atoms with Gasteiger partial charge in [0.25, 0.3) is 0 Å². The molecule has 5 heteroatoms. The van der Waals surface area contributed by atoms with Crippen LogP contribution < -0.4 is 0 Å². The number of aryl methyl sites for hydroxylation is 2. The molecule has 0 amide bonds. The summed E-state index contributed by atoms with van der Waals surface area (Å²) in [6.07, 6.45) is 0.822. The summed E-state index contributed by atoms with van der Waals surface area (Å²) in [6, 6.07) is 7.90. The Kier molecular flexibility index (Phi) is 3.69. The van der Waals surface area contributed by atoms with Gasteiger partial charge in [-0.25, -0.2) is 9.97 Å². The van der Waals surface area contributed by atoms with Gasteiger partial charge in [-0.2, -0.15) is 0 Å². The molecule has 0 fully saturated rings. The average Bonchev–Trinajstić information content (AvgIpc) is 2.77. The third kappa shape index (κ3) is 2.20. The first-order valence-corrected chi connectivity index (χ1v) is 7.78. The second-order valence-corrected chi connectivity index (χ2v) is 5.92. The van der Waals surface area contributed by atoms with Crippen LogP contribution in [0.1, 0.15) is 18.4 Å². The van der Waals surface area contributed by atoms with Crippen LogP contribution in [0.2, 0.25) is 5.15 Å². The van der Waals surface area contributed by atoms with E-state index in [4.69, 9.17) is 16.0 Å². The third-order valence-electron chi connectivity index (χ3n) is 3.21. The lowest BCUT2D eigenvalue weighted by molar-refractivity contribution is 0.579. The number of para-hydroxylation sites is 1. The number of halogens is 2. The summed E-state index contributed by atoms with van der Waals surface area (Å²) in [5.74, 6) is 1.44. The molecule has 3 nitrogen and oxygen atoms in total. The predicted octanol–water partition coefficient (Wildman–Crippen LogP) is 5.02. The highest BCUT2D eigenvalue weighted by molar-refractivity contribution is 14.1. The van der Waals surface area contributed by atoms with Crippen molar-refractivity contribution in [2.24, 2.45) is 0 Å². The molecular formula is C15H12ClIN2O. The first-order valence-electron chi connectivity index (χ1n) is 6.32. The highest BCUT2D eigenvalue weighted by atomic mass is 127. The van der Waals surface area contributed by atoms with Crippen molar-refractivity contribution in [1.82, 2.24) is 9.97 Å². The molecule has 0 aliphatic carbocycles. The van der Waals surface area contributed by atoms with Crippen LogP contribution in [-0.4, -0.2) is 9.97 Å². The lowest BCUT2D eigenvalue weighted by atomic mass is 10.1. The Morgan fingerprint density at radius 1 is 1.25 bits per heavy atom. The Hall–Kier alpha value is -1.14. The van der Waals surface area contributed by atoms with Gasteiger partial charge in [0.15, 0.2) is 5.82 Å². The van der Waals surface area contributed by atoms with E-state index >= 15 is 0 Å². The SMILES string of the molecule is CCc1nc(-c2c(C)oc3ccccc23)nc(Cl)c1I. The highest BCUT2D eigenvalue weighted by Gasteiger charge is 2.18. The van der Waals surface area contributed by atoms with Crippen LogP contribution in [0, 0.1) is 10.5 Å². The number of hydrogen-bond donors (Lipinski definition) is 0. The fourth-order valence-corrected chi connectivity index (χ4v) is 3.07. The van der Waals surface area contributed by atoms with Crippen molar-refractivity contribution in [3.05, 3.63) is 44.4 Å². The first kappa shape index (κ1) is 13.8. The quantitative estimate of drug-likeness (QED) is 0.449. The number of nitrogens with zero attached hydrogens (tertiary/aromatic N) is 2. The molecule has 0 unspecified atom stereocenters. The van der Waals surface area contributed by atoms with Gasteiger partial charge >= 0.3 is 0 Å². The molecule has 0 saturated carbocycles. The van der Waals surface area contributed by atoms with E-state index in [0.29, 0.717) is 11.0 Å². The van der Waals surface area contributed by atoms with Crippen molar-refractivity contribution in [2.75, 3.05) is 0 Å². The van der Waals surface area contributed by atoms with E-state index in [-0.39, 0.29) is 0 Å². The molecular weight excluding hydrogens is 387 g/mol. The molecule has 0 aliphatic rings. The van der Waals surface area contributed by atoms with Gasteiger partial charge in [0.05, 0.1) is 14.8 Å². The maximum absolute atomic E-state index is 6.23. The van der Waals surface area contributed by atoms with Gasteiger partial charge in [-0.3, -0.25) is 0 Å². The normalized spacial score (nSPS) is 11.2. The maximum Gasteiger partial charge on any atom is 0.165 e. The van der Waals surface area contributed by atoms with Gasteiger partial charge in [0.1, 0.15) is 16.5 Å². The number of hydrogen-bond acceptors (Lipinski definition) is 3. The van der Waals surface area contributed by atoms with Crippen LogP contribution in [0.5, 0.6) is 0 Å². The van der Waals surface area contributed by atoms with Crippen LogP contribution in [0.25, 0.3) is 22.4 Å². The Labute approximate surface area is 135 Å². The van der Waals surface area contributed by atoms with Crippen LogP contribution in [0.4, 0.5) is 0 Å². The molecule has 1 aromatic carbocycles. The minimum absolute atomic E-state index is 0.497. The molecule has 2 aromatic heterocycles. The summed E-state index contributed by atoms with van der Waals surface area (Å²) in [7, 11) is 0. The van der Waals surface area contributed by atoms with Gasteiger partial charge in [-0.15, -0.1) is 0 Å². The zero-order chi connectivity index (χ0) is 14.3. The van der Waals surface area contributed by atoms with Gasteiger partial charge in [0.2, 0.25) is 0 Å². The molecule has 0 spiro atoms. The van der Waals surface area contributed by atoms with Crippen LogP contribution in [-0.2, 0) is 6.42 Å². The van der Waals surface area contributed by atoms with Crippen molar-refractivity contribution in [1.29, 1.82) is 0 Å². The maximum atomic E-state index is 6.23. The average molecular weight is 399 g/mol. The van der Waals surface area contributed by atoms with Crippen molar-refractivity contribution >= 4 is 45.2 Å². The van der Waals surface area contributed by atoms with Crippen LogP contribution >= 0.6 is 34.2 Å². The van der Waals surface area contributed by atoms with E-state index in [1.807, 2.05) is 31.2 Å². The fourth-order valence-electron chi connectivity index (χ4n) is 2.25. The third-order valence-corrected chi connectivity index (χ3v) is 4.94. The highest BCUT2D eigenvalue weighted by Crippen LogP contribution is 2.34. The van der Waals surface area contributed by atoms with Crippen molar-refractivity contribution in [3.8, 4) is 11.4 Å². The van der Waals surface area contributed by atoms with E-state index in [9.17, 15) is 0 Å². The van der Waals surface area contributed by atoms with Crippen LogP contribution in [0.15, 0.2) is 28.7 Å². The van der Waals surface area contributed by atoms with Gasteiger partial charge in [-0.05, 0) is 42.0 Å². The van der Waals surface area contributed by atoms with Crippen molar-refractivity contribution in [2.45, 2.75) is 20.3 Å². The van der Waals surface area contributed by atoms with Gasteiger partial charge < -0.3 is 4.42 Å².